The molecular weight excluding hydrogens is 288 g/mol. The first-order valence-electron chi connectivity index (χ1n) is 7.61. The Bertz CT molecular complexity index is 670. The molecule has 0 N–H and O–H groups in total. The van der Waals surface area contributed by atoms with Gasteiger partial charge in [-0.15, -0.1) is 0 Å². The van der Waals surface area contributed by atoms with Crippen molar-refractivity contribution in [2.24, 2.45) is 0 Å². The molecule has 0 amide bonds. The van der Waals surface area contributed by atoms with E-state index in [2.05, 4.69) is 36.0 Å². The number of anilines is 1. The van der Waals surface area contributed by atoms with Crippen LogP contribution in [0.25, 0.3) is 11.0 Å². The Morgan fingerprint density at radius 1 is 1.19 bits per heavy atom. The lowest BCUT2D eigenvalue weighted by Crippen LogP contribution is -2.45. The molecule has 1 aliphatic heterocycles. The average Bonchev–Trinajstić information content (AvgIpc) is 3.18. The molecule has 0 bridgehead atoms. The van der Waals surface area contributed by atoms with Crippen molar-refractivity contribution in [3.8, 4) is 0 Å². The maximum absolute atomic E-state index is 6.59. The van der Waals surface area contributed by atoms with Crippen LogP contribution in [0.15, 0.2) is 16.7 Å². The third-order valence-corrected chi connectivity index (χ3v) is 4.68. The summed E-state index contributed by atoms with van der Waals surface area (Å²) < 4.78 is 11.3. The zero-order valence-electron chi connectivity index (χ0n) is 12.3. The highest BCUT2D eigenvalue weighted by molar-refractivity contribution is 6.37. The van der Waals surface area contributed by atoms with Crippen LogP contribution in [-0.4, -0.2) is 30.5 Å². The van der Waals surface area contributed by atoms with Gasteiger partial charge in [0.1, 0.15) is 5.02 Å². The summed E-state index contributed by atoms with van der Waals surface area (Å²) in [6, 6.07) is 4.20. The first-order chi connectivity index (χ1) is 10.1. The molecule has 2 fully saturated rings. The van der Waals surface area contributed by atoms with Gasteiger partial charge < -0.3 is 14.2 Å². The first-order valence-corrected chi connectivity index (χ1v) is 7.99. The van der Waals surface area contributed by atoms with Gasteiger partial charge in [-0.1, -0.05) is 16.8 Å². The molecular formula is C16H19ClN2O2. The van der Waals surface area contributed by atoms with Gasteiger partial charge in [0.2, 0.25) is 0 Å². The second-order valence-corrected chi connectivity index (χ2v) is 6.66. The zero-order valence-corrected chi connectivity index (χ0v) is 13.1. The minimum Gasteiger partial charge on any atom is -0.372 e. The SMILES string of the molecule is C[C@@H]1CN(c2ccc3c(C4CC4)noc3c2Cl)C[C@H](C)O1. The highest BCUT2D eigenvalue weighted by Crippen LogP contribution is 2.45. The van der Waals surface area contributed by atoms with E-state index < -0.39 is 0 Å². The Morgan fingerprint density at radius 2 is 1.90 bits per heavy atom. The van der Waals surface area contributed by atoms with Crippen LogP contribution in [0.5, 0.6) is 0 Å². The van der Waals surface area contributed by atoms with E-state index in [0.29, 0.717) is 10.9 Å². The molecule has 2 aliphatic rings. The molecule has 5 heteroatoms. The number of rotatable bonds is 2. The lowest BCUT2D eigenvalue weighted by molar-refractivity contribution is -0.00520. The fourth-order valence-corrected chi connectivity index (χ4v) is 3.57. The smallest absolute Gasteiger partial charge is 0.187 e. The normalized spacial score (nSPS) is 26.5. The van der Waals surface area contributed by atoms with E-state index in [-0.39, 0.29) is 12.2 Å². The summed E-state index contributed by atoms with van der Waals surface area (Å²) in [6.45, 7) is 5.88. The van der Waals surface area contributed by atoms with Crippen LogP contribution >= 0.6 is 11.6 Å². The lowest BCUT2D eigenvalue weighted by Gasteiger charge is -2.37. The van der Waals surface area contributed by atoms with Gasteiger partial charge in [0.25, 0.3) is 0 Å². The number of morpholine rings is 1. The minimum atomic E-state index is 0.206. The summed E-state index contributed by atoms with van der Waals surface area (Å²) in [5.74, 6) is 0.566. The van der Waals surface area contributed by atoms with E-state index >= 15 is 0 Å². The zero-order chi connectivity index (χ0) is 14.6. The van der Waals surface area contributed by atoms with Gasteiger partial charge in [-0.25, -0.2) is 0 Å². The van der Waals surface area contributed by atoms with Crippen LogP contribution < -0.4 is 4.90 Å². The molecule has 1 aromatic heterocycles. The van der Waals surface area contributed by atoms with Gasteiger partial charge in [0, 0.05) is 24.4 Å². The van der Waals surface area contributed by atoms with Crippen LogP contribution in [0, 0.1) is 0 Å². The van der Waals surface area contributed by atoms with Crippen molar-refractivity contribution in [1.82, 2.24) is 5.16 Å². The van der Waals surface area contributed by atoms with Gasteiger partial charge in [0.15, 0.2) is 5.58 Å². The maximum atomic E-state index is 6.59. The van der Waals surface area contributed by atoms with E-state index in [9.17, 15) is 0 Å². The van der Waals surface area contributed by atoms with Gasteiger partial charge in [-0.3, -0.25) is 0 Å². The molecule has 1 aliphatic carbocycles. The topological polar surface area (TPSA) is 38.5 Å². The number of hydrogen-bond donors (Lipinski definition) is 0. The second kappa shape index (κ2) is 4.89. The number of nitrogens with zero attached hydrogens (tertiary/aromatic N) is 2. The van der Waals surface area contributed by atoms with E-state index in [0.717, 1.165) is 35.4 Å². The van der Waals surface area contributed by atoms with Gasteiger partial charge in [0.05, 0.1) is 23.6 Å². The van der Waals surface area contributed by atoms with Crippen molar-refractivity contribution >= 4 is 28.3 Å². The molecule has 1 aromatic carbocycles. The summed E-state index contributed by atoms with van der Waals surface area (Å²) >= 11 is 6.59. The number of ether oxygens (including phenoxy) is 1. The lowest BCUT2D eigenvalue weighted by atomic mass is 10.1. The third kappa shape index (κ3) is 2.30. The maximum Gasteiger partial charge on any atom is 0.187 e. The van der Waals surface area contributed by atoms with Crippen molar-refractivity contribution in [1.29, 1.82) is 0 Å². The van der Waals surface area contributed by atoms with Crippen LogP contribution in [0.1, 0.15) is 38.3 Å². The molecule has 0 spiro atoms. The summed E-state index contributed by atoms with van der Waals surface area (Å²) in [6.07, 6.45) is 2.83. The van der Waals surface area contributed by atoms with Crippen molar-refractivity contribution in [2.45, 2.75) is 44.8 Å². The third-order valence-electron chi connectivity index (χ3n) is 4.31. The largest absolute Gasteiger partial charge is 0.372 e. The van der Waals surface area contributed by atoms with E-state index in [1.807, 2.05) is 0 Å². The predicted molar refractivity (Wildman–Crippen MR) is 83.2 cm³/mol. The predicted octanol–water partition coefficient (Wildman–Crippen LogP) is 3.97. The standard InChI is InChI=1S/C16H19ClN2O2/c1-9-7-19(8-10(2)20-9)13-6-5-12-15(11-3-4-11)18-21-16(12)14(13)17/h5-6,9-11H,3-4,7-8H2,1-2H3/t9-,10+. The van der Waals surface area contributed by atoms with Crippen molar-refractivity contribution in [3.63, 3.8) is 0 Å². The van der Waals surface area contributed by atoms with E-state index in [1.54, 1.807) is 0 Å². The fraction of sp³-hybridized carbons (Fsp3) is 0.562. The Balaban J connectivity index is 1.74. The second-order valence-electron chi connectivity index (χ2n) is 6.28. The highest BCUT2D eigenvalue weighted by atomic mass is 35.5. The summed E-state index contributed by atoms with van der Waals surface area (Å²) in [4.78, 5) is 2.28. The molecule has 2 aromatic rings. The molecule has 4 nitrogen and oxygen atoms in total. The molecule has 4 rings (SSSR count). The van der Waals surface area contributed by atoms with Crippen LogP contribution in [0.2, 0.25) is 5.02 Å². The monoisotopic (exact) mass is 306 g/mol. The summed E-state index contributed by atoms with van der Waals surface area (Å²) in [7, 11) is 0. The highest BCUT2D eigenvalue weighted by Gasteiger charge is 2.31. The number of halogens is 1. The number of fused-ring (bicyclic) bond motifs is 1. The summed E-state index contributed by atoms with van der Waals surface area (Å²) in [5.41, 5.74) is 2.81. The molecule has 1 saturated heterocycles. The molecule has 112 valence electrons. The van der Waals surface area contributed by atoms with Crippen LogP contribution in [-0.2, 0) is 4.74 Å². The number of benzene rings is 1. The molecule has 2 heterocycles. The number of aromatic nitrogens is 1. The average molecular weight is 307 g/mol. The van der Waals surface area contributed by atoms with Crippen molar-refractivity contribution < 1.29 is 9.26 Å². The minimum absolute atomic E-state index is 0.206. The summed E-state index contributed by atoms with van der Waals surface area (Å²) in [5, 5.41) is 5.98. The van der Waals surface area contributed by atoms with Gasteiger partial charge in [-0.05, 0) is 38.8 Å². The molecule has 1 saturated carbocycles. The van der Waals surface area contributed by atoms with Crippen molar-refractivity contribution in [3.05, 3.63) is 22.8 Å². The van der Waals surface area contributed by atoms with Crippen molar-refractivity contribution in [2.75, 3.05) is 18.0 Å². The van der Waals surface area contributed by atoms with Crippen LogP contribution in [0.3, 0.4) is 0 Å². The van der Waals surface area contributed by atoms with Crippen LogP contribution in [0.4, 0.5) is 5.69 Å². The first kappa shape index (κ1) is 13.4. The molecule has 0 radical (unpaired) electrons. The van der Waals surface area contributed by atoms with E-state index in [4.69, 9.17) is 20.9 Å². The Kier molecular flexibility index (Phi) is 3.12. The molecule has 2 atom stereocenters. The molecule has 0 unspecified atom stereocenters. The Labute approximate surface area is 129 Å². The molecule has 21 heavy (non-hydrogen) atoms. The van der Waals surface area contributed by atoms with Gasteiger partial charge >= 0.3 is 0 Å². The Morgan fingerprint density at radius 3 is 2.57 bits per heavy atom. The van der Waals surface area contributed by atoms with Gasteiger partial charge in [-0.2, -0.15) is 0 Å². The quantitative estimate of drug-likeness (QED) is 0.841. The van der Waals surface area contributed by atoms with E-state index in [1.165, 1.54) is 12.8 Å². The number of hydrogen-bond acceptors (Lipinski definition) is 4. The fourth-order valence-electron chi connectivity index (χ4n) is 3.25. The Hall–Kier alpha value is -1.26.